The van der Waals surface area contributed by atoms with E-state index in [-0.39, 0.29) is 5.56 Å². The van der Waals surface area contributed by atoms with Crippen LogP contribution in [-0.2, 0) is 19.4 Å². The van der Waals surface area contributed by atoms with Gasteiger partial charge in [-0.2, -0.15) is 0 Å². The van der Waals surface area contributed by atoms with Gasteiger partial charge in [-0.3, -0.25) is 14.6 Å². The van der Waals surface area contributed by atoms with Crippen molar-refractivity contribution in [3.8, 4) is 0 Å². The second-order valence-electron chi connectivity index (χ2n) is 3.98. The molecule has 0 aromatic carbocycles. The minimum Gasteiger partial charge on any atom is -0.299 e. The molecule has 0 aliphatic rings. The lowest BCUT2D eigenvalue weighted by Gasteiger charge is -1.96. The zero-order valence-electron chi connectivity index (χ0n) is 10.1. The monoisotopic (exact) mass is 210 g/mol. The highest BCUT2D eigenvalue weighted by atomic mass is 16.1. The summed E-state index contributed by atoms with van der Waals surface area (Å²) in [6.07, 6.45) is 5.08. The van der Waals surface area contributed by atoms with Crippen molar-refractivity contribution in [2.45, 2.75) is 59.4 Å². The summed E-state index contributed by atoms with van der Waals surface area (Å²) in [5.41, 5.74) is 2.33. The Balaban J connectivity index is 2.95. The summed E-state index contributed by atoms with van der Waals surface area (Å²) in [5.74, 6) is 0. The number of unbranched alkanes of at least 4 members (excludes halogenated alkanes) is 1. The van der Waals surface area contributed by atoms with Crippen molar-refractivity contribution in [2.24, 2.45) is 0 Å². The number of nitrogens with one attached hydrogen (secondary N) is 1. The Bertz CT molecular complexity index is 349. The summed E-state index contributed by atoms with van der Waals surface area (Å²) in [7, 11) is 0. The molecule has 0 fully saturated rings. The van der Waals surface area contributed by atoms with E-state index in [1.165, 1.54) is 0 Å². The van der Waals surface area contributed by atoms with Crippen LogP contribution in [0.15, 0.2) is 4.79 Å². The van der Waals surface area contributed by atoms with Crippen LogP contribution >= 0.6 is 0 Å². The molecule has 86 valence electrons. The minimum absolute atomic E-state index is 0.196. The van der Waals surface area contributed by atoms with Gasteiger partial charge in [-0.05, 0) is 25.7 Å². The zero-order chi connectivity index (χ0) is 11.3. The van der Waals surface area contributed by atoms with E-state index in [0.717, 1.165) is 49.9 Å². The molecule has 3 nitrogen and oxygen atoms in total. The fourth-order valence-corrected chi connectivity index (χ4v) is 1.86. The van der Waals surface area contributed by atoms with E-state index in [2.05, 4.69) is 25.9 Å². The molecule has 0 unspecified atom stereocenters. The van der Waals surface area contributed by atoms with Crippen molar-refractivity contribution in [3.63, 3.8) is 0 Å². The lowest BCUT2D eigenvalue weighted by Crippen LogP contribution is -2.18. The Morgan fingerprint density at radius 1 is 1.20 bits per heavy atom. The van der Waals surface area contributed by atoms with Crippen molar-refractivity contribution >= 4 is 0 Å². The molecular formula is C12H22N2O. The van der Waals surface area contributed by atoms with Crippen molar-refractivity contribution in [1.29, 1.82) is 0 Å². The first-order valence-corrected chi connectivity index (χ1v) is 6.05. The number of aryl methyl sites for hydroxylation is 2. The molecule has 1 rings (SSSR count). The molecule has 0 spiro atoms. The largest absolute Gasteiger partial charge is 0.299 e. The highest BCUT2D eigenvalue weighted by Crippen LogP contribution is 2.07. The summed E-state index contributed by atoms with van der Waals surface area (Å²) < 4.78 is 1.75. The third-order valence-electron chi connectivity index (χ3n) is 2.72. The molecule has 0 saturated carbocycles. The number of rotatable bonds is 6. The molecule has 1 N–H and O–H groups in total. The van der Waals surface area contributed by atoms with Gasteiger partial charge in [0.2, 0.25) is 0 Å². The van der Waals surface area contributed by atoms with Gasteiger partial charge < -0.3 is 0 Å². The molecule has 0 aliphatic heterocycles. The average molecular weight is 210 g/mol. The van der Waals surface area contributed by atoms with Crippen LogP contribution in [0.1, 0.15) is 51.3 Å². The Kier molecular flexibility index (Phi) is 4.66. The Hall–Kier alpha value is -0.990. The highest BCUT2D eigenvalue weighted by Gasteiger charge is 2.11. The summed E-state index contributed by atoms with van der Waals surface area (Å²) in [6, 6.07) is 0. The molecule has 15 heavy (non-hydrogen) atoms. The number of hydrogen-bond acceptors (Lipinski definition) is 1. The number of H-pyrrole nitrogens is 1. The third-order valence-corrected chi connectivity index (χ3v) is 2.72. The van der Waals surface area contributed by atoms with Gasteiger partial charge in [-0.1, -0.05) is 27.2 Å². The van der Waals surface area contributed by atoms with E-state index in [0.29, 0.717) is 0 Å². The average Bonchev–Trinajstić information content (AvgIpc) is 2.54. The summed E-state index contributed by atoms with van der Waals surface area (Å²) in [4.78, 5) is 12.0. The van der Waals surface area contributed by atoms with Gasteiger partial charge in [-0.15, -0.1) is 0 Å². The van der Waals surface area contributed by atoms with Gasteiger partial charge in [0.05, 0.1) is 0 Å². The lowest BCUT2D eigenvalue weighted by atomic mass is 10.1. The molecule has 0 radical (unpaired) electrons. The number of aromatic nitrogens is 2. The van der Waals surface area contributed by atoms with Crippen LogP contribution < -0.4 is 5.56 Å². The van der Waals surface area contributed by atoms with E-state index in [1.54, 1.807) is 4.68 Å². The second-order valence-corrected chi connectivity index (χ2v) is 3.98. The van der Waals surface area contributed by atoms with Crippen LogP contribution in [0.5, 0.6) is 0 Å². The molecule has 3 heteroatoms. The molecule has 0 saturated heterocycles. The number of hydrogen-bond donors (Lipinski definition) is 1. The van der Waals surface area contributed by atoms with Gasteiger partial charge in [0.25, 0.3) is 5.56 Å². The van der Waals surface area contributed by atoms with Gasteiger partial charge >= 0.3 is 0 Å². The molecule has 1 aromatic rings. The van der Waals surface area contributed by atoms with Crippen LogP contribution in [0.25, 0.3) is 0 Å². The minimum atomic E-state index is 0.196. The van der Waals surface area contributed by atoms with Crippen LogP contribution in [0.4, 0.5) is 0 Å². The summed E-state index contributed by atoms with van der Waals surface area (Å²) in [6.45, 7) is 7.14. The second kappa shape index (κ2) is 5.79. The lowest BCUT2D eigenvalue weighted by molar-refractivity contribution is 0.578. The standard InChI is InChI=1S/C12H22N2O/c1-4-7-8-10-11(6-3)13-14(9-5-2)12(10)15/h13H,4-9H2,1-3H3. The van der Waals surface area contributed by atoms with Gasteiger partial charge in [-0.25, -0.2) is 0 Å². The summed E-state index contributed by atoms with van der Waals surface area (Å²) >= 11 is 0. The maximum Gasteiger partial charge on any atom is 0.269 e. The third kappa shape index (κ3) is 2.74. The number of nitrogens with zero attached hydrogens (tertiary/aromatic N) is 1. The smallest absolute Gasteiger partial charge is 0.269 e. The molecule has 0 aliphatic carbocycles. The zero-order valence-corrected chi connectivity index (χ0v) is 10.1. The van der Waals surface area contributed by atoms with E-state index < -0.39 is 0 Å². The highest BCUT2D eigenvalue weighted by molar-refractivity contribution is 5.17. The van der Waals surface area contributed by atoms with Crippen molar-refractivity contribution < 1.29 is 0 Å². The van der Waals surface area contributed by atoms with Crippen LogP contribution in [0, 0.1) is 0 Å². The fourth-order valence-electron chi connectivity index (χ4n) is 1.86. The van der Waals surface area contributed by atoms with E-state index in [1.807, 2.05) is 0 Å². The Labute approximate surface area is 91.5 Å². The van der Waals surface area contributed by atoms with E-state index in [9.17, 15) is 4.79 Å². The maximum atomic E-state index is 12.0. The maximum absolute atomic E-state index is 12.0. The van der Waals surface area contributed by atoms with Crippen LogP contribution in [0.2, 0.25) is 0 Å². The van der Waals surface area contributed by atoms with Gasteiger partial charge in [0.1, 0.15) is 0 Å². The van der Waals surface area contributed by atoms with Gasteiger partial charge in [0.15, 0.2) is 0 Å². The predicted molar refractivity (Wildman–Crippen MR) is 63.3 cm³/mol. The van der Waals surface area contributed by atoms with Crippen molar-refractivity contribution in [1.82, 2.24) is 9.78 Å². The SMILES string of the molecule is CCCCc1c(CC)[nH]n(CCC)c1=O. The molecule has 0 amide bonds. The van der Waals surface area contributed by atoms with Crippen molar-refractivity contribution in [2.75, 3.05) is 0 Å². The number of aromatic amines is 1. The van der Waals surface area contributed by atoms with Crippen LogP contribution in [-0.4, -0.2) is 9.78 Å². The first-order chi connectivity index (χ1) is 7.24. The topological polar surface area (TPSA) is 37.8 Å². The van der Waals surface area contributed by atoms with E-state index in [4.69, 9.17) is 0 Å². The Morgan fingerprint density at radius 2 is 1.93 bits per heavy atom. The first-order valence-electron chi connectivity index (χ1n) is 6.05. The molecular weight excluding hydrogens is 188 g/mol. The first kappa shape index (κ1) is 12.1. The molecule has 1 aromatic heterocycles. The fraction of sp³-hybridized carbons (Fsp3) is 0.750. The predicted octanol–water partition coefficient (Wildman–Crippen LogP) is 2.49. The van der Waals surface area contributed by atoms with Crippen molar-refractivity contribution in [3.05, 3.63) is 21.6 Å². The quantitative estimate of drug-likeness (QED) is 0.769. The molecule has 0 atom stereocenters. The normalized spacial score (nSPS) is 10.9. The molecule has 0 bridgehead atoms. The molecule has 1 heterocycles. The van der Waals surface area contributed by atoms with Gasteiger partial charge in [0, 0.05) is 17.8 Å². The van der Waals surface area contributed by atoms with Crippen LogP contribution in [0.3, 0.4) is 0 Å². The summed E-state index contributed by atoms with van der Waals surface area (Å²) in [5, 5.41) is 3.21. The van der Waals surface area contributed by atoms with E-state index >= 15 is 0 Å². The Morgan fingerprint density at radius 3 is 2.47 bits per heavy atom.